The van der Waals surface area contributed by atoms with Gasteiger partial charge in [-0.1, -0.05) is 6.92 Å². The molecule has 0 saturated heterocycles. The number of methoxy groups -OCH3 is 1. The highest BCUT2D eigenvalue weighted by Gasteiger charge is 2.36. The second-order valence-corrected chi connectivity index (χ2v) is 4.70. The quantitative estimate of drug-likeness (QED) is 0.690. The third-order valence-corrected chi connectivity index (χ3v) is 3.27. The van der Waals surface area contributed by atoms with Gasteiger partial charge >= 0.3 is 0 Å². The summed E-state index contributed by atoms with van der Waals surface area (Å²) < 4.78 is 10.7. The summed E-state index contributed by atoms with van der Waals surface area (Å²) in [5.74, 6) is 0. The van der Waals surface area contributed by atoms with Crippen molar-refractivity contribution in [1.82, 2.24) is 5.32 Å². The maximum atomic E-state index is 9.36. The van der Waals surface area contributed by atoms with Crippen LogP contribution in [0.25, 0.3) is 0 Å². The van der Waals surface area contributed by atoms with Gasteiger partial charge in [-0.2, -0.15) is 5.26 Å². The monoisotopic (exact) mass is 240 g/mol. The molecule has 4 nitrogen and oxygen atoms in total. The Bertz CT molecular complexity index is 252. The summed E-state index contributed by atoms with van der Waals surface area (Å²) in [5.41, 5.74) is -0.369. The summed E-state index contributed by atoms with van der Waals surface area (Å²) >= 11 is 0. The number of hydrogen-bond donors (Lipinski definition) is 1. The van der Waals surface area contributed by atoms with Gasteiger partial charge in [0.25, 0.3) is 0 Å². The maximum absolute atomic E-state index is 9.36. The van der Waals surface area contributed by atoms with Crippen LogP contribution in [-0.2, 0) is 9.47 Å². The Hall–Kier alpha value is -0.630. The number of ether oxygens (including phenoxy) is 2. The first-order chi connectivity index (χ1) is 8.26. The molecule has 98 valence electrons. The summed E-state index contributed by atoms with van der Waals surface area (Å²) in [6.45, 7) is 4.26. The van der Waals surface area contributed by atoms with E-state index < -0.39 is 0 Å². The molecule has 17 heavy (non-hydrogen) atoms. The van der Waals surface area contributed by atoms with Crippen LogP contribution in [0.3, 0.4) is 0 Å². The van der Waals surface area contributed by atoms with E-state index in [0.29, 0.717) is 13.2 Å². The SMILES string of the molecule is CCCNC1(C#N)CCCC(OCCOC)C1. The minimum absolute atomic E-state index is 0.197. The topological polar surface area (TPSA) is 54.3 Å². The standard InChI is InChI=1S/C13H24N2O2/c1-3-7-15-13(11-14)6-4-5-12(10-13)17-9-8-16-2/h12,15H,3-10H2,1-2H3. The molecule has 0 amide bonds. The molecule has 1 aliphatic rings. The van der Waals surface area contributed by atoms with Crippen LogP contribution in [0.15, 0.2) is 0 Å². The van der Waals surface area contributed by atoms with E-state index >= 15 is 0 Å². The van der Waals surface area contributed by atoms with Gasteiger partial charge in [0.05, 0.1) is 25.4 Å². The van der Waals surface area contributed by atoms with E-state index in [2.05, 4.69) is 18.3 Å². The first kappa shape index (κ1) is 14.4. The Labute approximate surface area is 104 Å². The van der Waals surface area contributed by atoms with Gasteiger partial charge in [0, 0.05) is 13.5 Å². The number of nitrogens with one attached hydrogen (secondary N) is 1. The summed E-state index contributed by atoms with van der Waals surface area (Å²) in [5, 5.41) is 12.7. The lowest BCUT2D eigenvalue weighted by Gasteiger charge is -2.36. The molecule has 0 spiro atoms. The minimum atomic E-state index is -0.369. The van der Waals surface area contributed by atoms with Gasteiger partial charge in [-0.05, 0) is 32.2 Å². The van der Waals surface area contributed by atoms with Crippen molar-refractivity contribution in [2.75, 3.05) is 26.9 Å². The third-order valence-electron chi connectivity index (χ3n) is 3.27. The fourth-order valence-corrected chi connectivity index (χ4v) is 2.33. The van der Waals surface area contributed by atoms with Crippen molar-refractivity contribution in [3.05, 3.63) is 0 Å². The Balaban J connectivity index is 2.42. The average molecular weight is 240 g/mol. The zero-order valence-corrected chi connectivity index (χ0v) is 11.0. The minimum Gasteiger partial charge on any atom is -0.382 e. The summed E-state index contributed by atoms with van der Waals surface area (Å²) in [6.07, 6.45) is 5.10. The molecule has 0 aliphatic heterocycles. The van der Waals surface area contributed by atoms with Crippen LogP contribution in [0.5, 0.6) is 0 Å². The van der Waals surface area contributed by atoms with Crippen molar-refractivity contribution in [1.29, 1.82) is 5.26 Å². The molecule has 0 bridgehead atoms. The fraction of sp³-hybridized carbons (Fsp3) is 0.923. The van der Waals surface area contributed by atoms with Crippen molar-refractivity contribution >= 4 is 0 Å². The molecule has 1 rings (SSSR count). The van der Waals surface area contributed by atoms with Crippen molar-refractivity contribution in [3.63, 3.8) is 0 Å². The van der Waals surface area contributed by atoms with Gasteiger partial charge < -0.3 is 9.47 Å². The second kappa shape index (κ2) is 7.65. The zero-order chi connectivity index (χ0) is 12.6. The lowest BCUT2D eigenvalue weighted by Crippen LogP contribution is -2.49. The normalized spacial score (nSPS) is 28.9. The molecule has 4 heteroatoms. The Morgan fingerprint density at radius 2 is 2.29 bits per heavy atom. The van der Waals surface area contributed by atoms with Gasteiger partial charge in [-0.15, -0.1) is 0 Å². The van der Waals surface area contributed by atoms with Gasteiger partial charge in [-0.25, -0.2) is 0 Å². The molecule has 0 aromatic carbocycles. The largest absolute Gasteiger partial charge is 0.382 e. The predicted octanol–water partition coefficient (Wildman–Crippen LogP) is 1.85. The third kappa shape index (κ3) is 4.63. The van der Waals surface area contributed by atoms with Crippen LogP contribution in [0.1, 0.15) is 39.0 Å². The zero-order valence-electron chi connectivity index (χ0n) is 11.0. The lowest BCUT2D eigenvalue weighted by molar-refractivity contribution is -0.0141. The number of rotatable bonds is 7. The van der Waals surface area contributed by atoms with Crippen molar-refractivity contribution in [2.45, 2.75) is 50.7 Å². The first-order valence-electron chi connectivity index (χ1n) is 6.53. The molecule has 0 aromatic heterocycles. The number of hydrogen-bond acceptors (Lipinski definition) is 4. The highest BCUT2D eigenvalue weighted by atomic mass is 16.5. The van der Waals surface area contributed by atoms with Crippen LogP contribution in [0.4, 0.5) is 0 Å². The summed E-state index contributed by atoms with van der Waals surface area (Å²) in [4.78, 5) is 0. The molecule has 1 aliphatic carbocycles. The molecular weight excluding hydrogens is 216 g/mol. The molecular formula is C13H24N2O2. The smallest absolute Gasteiger partial charge is 0.109 e. The van der Waals surface area contributed by atoms with Crippen LogP contribution >= 0.6 is 0 Å². The van der Waals surface area contributed by atoms with Crippen molar-refractivity contribution in [2.24, 2.45) is 0 Å². The molecule has 2 unspecified atom stereocenters. The van der Waals surface area contributed by atoms with Gasteiger partial charge in [-0.3, -0.25) is 5.32 Å². The van der Waals surface area contributed by atoms with Gasteiger partial charge in [0.15, 0.2) is 0 Å². The van der Waals surface area contributed by atoms with Crippen molar-refractivity contribution < 1.29 is 9.47 Å². The Morgan fingerprint density at radius 3 is 2.94 bits per heavy atom. The van der Waals surface area contributed by atoms with E-state index in [4.69, 9.17) is 9.47 Å². The maximum Gasteiger partial charge on any atom is 0.109 e. The van der Waals surface area contributed by atoms with Crippen LogP contribution in [-0.4, -0.2) is 38.5 Å². The number of nitriles is 1. The lowest BCUT2D eigenvalue weighted by atomic mass is 9.81. The summed E-state index contributed by atoms with van der Waals surface area (Å²) in [7, 11) is 1.67. The van der Waals surface area contributed by atoms with E-state index in [1.807, 2.05) is 0 Å². The first-order valence-corrected chi connectivity index (χ1v) is 6.53. The number of nitrogens with zero attached hydrogens (tertiary/aromatic N) is 1. The molecule has 1 fully saturated rings. The van der Waals surface area contributed by atoms with Crippen LogP contribution < -0.4 is 5.32 Å². The van der Waals surface area contributed by atoms with Crippen LogP contribution in [0.2, 0.25) is 0 Å². The molecule has 1 N–H and O–H groups in total. The predicted molar refractivity (Wildman–Crippen MR) is 66.7 cm³/mol. The molecule has 0 radical (unpaired) electrons. The van der Waals surface area contributed by atoms with E-state index in [1.54, 1.807) is 7.11 Å². The highest BCUT2D eigenvalue weighted by Crippen LogP contribution is 2.29. The van der Waals surface area contributed by atoms with Crippen LogP contribution in [0, 0.1) is 11.3 Å². The van der Waals surface area contributed by atoms with E-state index in [-0.39, 0.29) is 11.6 Å². The highest BCUT2D eigenvalue weighted by molar-refractivity contribution is 5.10. The average Bonchev–Trinajstić information content (AvgIpc) is 2.37. The van der Waals surface area contributed by atoms with Gasteiger partial charge in [0.2, 0.25) is 0 Å². The second-order valence-electron chi connectivity index (χ2n) is 4.70. The fourth-order valence-electron chi connectivity index (χ4n) is 2.33. The Kier molecular flexibility index (Phi) is 6.49. The molecule has 0 aromatic rings. The summed E-state index contributed by atoms with van der Waals surface area (Å²) in [6, 6.07) is 2.45. The Morgan fingerprint density at radius 1 is 1.47 bits per heavy atom. The van der Waals surface area contributed by atoms with E-state index in [1.165, 1.54) is 0 Å². The molecule has 1 saturated carbocycles. The molecule has 0 heterocycles. The molecule has 2 atom stereocenters. The van der Waals surface area contributed by atoms with E-state index in [9.17, 15) is 5.26 Å². The van der Waals surface area contributed by atoms with E-state index in [0.717, 1.165) is 38.6 Å². The van der Waals surface area contributed by atoms with Gasteiger partial charge in [0.1, 0.15) is 5.54 Å². The van der Waals surface area contributed by atoms with Crippen molar-refractivity contribution in [3.8, 4) is 6.07 Å².